The Balaban J connectivity index is 2.40. The molecule has 1 aromatic heterocycles. The first-order chi connectivity index (χ1) is 8.63. The van der Waals surface area contributed by atoms with Gasteiger partial charge in [-0.15, -0.1) is 0 Å². The number of rotatable bonds is 4. The van der Waals surface area contributed by atoms with Crippen molar-refractivity contribution in [1.29, 1.82) is 0 Å². The molecule has 0 saturated carbocycles. The molecule has 96 valence electrons. The molecule has 2 aromatic rings. The Hall–Kier alpha value is -1.48. The van der Waals surface area contributed by atoms with Crippen molar-refractivity contribution in [2.75, 3.05) is 0 Å². The van der Waals surface area contributed by atoms with Gasteiger partial charge in [0.05, 0.1) is 5.69 Å². The molecular weight excluding hydrogens is 248 g/mol. The number of hydrogen-bond donors (Lipinski definition) is 1. The Morgan fingerprint density at radius 1 is 1.28 bits per heavy atom. The average Bonchev–Trinajstić information content (AvgIpc) is 2.64. The summed E-state index contributed by atoms with van der Waals surface area (Å²) in [5.74, 6) is 0. The van der Waals surface area contributed by atoms with Crippen molar-refractivity contribution in [2.24, 2.45) is 0 Å². The first kappa shape index (κ1) is 13.0. The quantitative estimate of drug-likeness (QED) is 0.902. The van der Waals surface area contributed by atoms with Gasteiger partial charge in [-0.25, -0.2) is 4.68 Å². The monoisotopic (exact) mass is 264 g/mol. The number of unbranched alkanes of at least 4 members (excludes halogenated alkanes) is 1. The first-order valence-electron chi connectivity index (χ1n) is 6.20. The second-order valence-corrected chi connectivity index (χ2v) is 4.87. The molecule has 0 unspecified atom stereocenters. The Morgan fingerprint density at radius 2 is 1.94 bits per heavy atom. The first-order valence-corrected chi connectivity index (χ1v) is 6.57. The highest BCUT2D eigenvalue weighted by atomic mass is 35.5. The second kappa shape index (κ2) is 5.44. The van der Waals surface area contributed by atoms with Crippen molar-refractivity contribution in [3.8, 4) is 5.69 Å². The summed E-state index contributed by atoms with van der Waals surface area (Å²) >= 11 is 5.85. The zero-order valence-corrected chi connectivity index (χ0v) is 11.4. The topological polar surface area (TPSA) is 37.8 Å². The fourth-order valence-corrected chi connectivity index (χ4v) is 2.13. The van der Waals surface area contributed by atoms with Gasteiger partial charge in [0.1, 0.15) is 0 Å². The van der Waals surface area contributed by atoms with Crippen LogP contribution in [0.4, 0.5) is 0 Å². The molecule has 1 heterocycles. The van der Waals surface area contributed by atoms with Crippen molar-refractivity contribution in [3.05, 3.63) is 50.9 Å². The molecule has 1 N–H and O–H groups in total. The van der Waals surface area contributed by atoms with E-state index >= 15 is 0 Å². The van der Waals surface area contributed by atoms with Crippen molar-refractivity contribution >= 4 is 11.6 Å². The molecule has 0 saturated heterocycles. The maximum atomic E-state index is 12.3. The zero-order valence-electron chi connectivity index (χ0n) is 10.7. The van der Waals surface area contributed by atoms with E-state index in [4.69, 9.17) is 11.6 Å². The van der Waals surface area contributed by atoms with E-state index in [1.807, 2.05) is 19.1 Å². The van der Waals surface area contributed by atoms with E-state index in [9.17, 15) is 4.79 Å². The summed E-state index contributed by atoms with van der Waals surface area (Å²) in [6.07, 6.45) is 2.96. The van der Waals surface area contributed by atoms with Crippen LogP contribution in [0.3, 0.4) is 0 Å². The lowest BCUT2D eigenvalue weighted by molar-refractivity contribution is 0.785. The number of benzene rings is 1. The van der Waals surface area contributed by atoms with Crippen LogP contribution in [0.25, 0.3) is 5.69 Å². The summed E-state index contributed by atoms with van der Waals surface area (Å²) in [6.45, 7) is 4.07. The van der Waals surface area contributed by atoms with Gasteiger partial charge >= 0.3 is 0 Å². The SMILES string of the molecule is CCCCc1c(C)[nH]n(-c2ccc(Cl)cc2)c1=O. The number of H-pyrrole nitrogens is 1. The smallest absolute Gasteiger partial charge is 0.274 e. The largest absolute Gasteiger partial charge is 0.295 e. The van der Waals surface area contributed by atoms with Crippen LogP contribution in [0.2, 0.25) is 5.02 Å². The maximum absolute atomic E-state index is 12.3. The number of halogens is 1. The molecule has 0 aliphatic rings. The van der Waals surface area contributed by atoms with Gasteiger partial charge in [-0.05, 0) is 44.0 Å². The third-order valence-electron chi connectivity index (χ3n) is 3.06. The molecule has 0 radical (unpaired) electrons. The minimum atomic E-state index is 0.0447. The van der Waals surface area contributed by atoms with E-state index in [1.165, 1.54) is 0 Å². The number of aromatic nitrogens is 2. The van der Waals surface area contributed by atoms with Gasteiger partial charge in [0.2, 0.25) is 0 Å². The van der Waals surface area contributed by atoms with E-state index in [2.05, 4.69) is 12.0 Å². The summed E-state index contributed by atoms with van der Waals surface area (Å²) in [7, 11) is 0. The van der Waals surface area contributed by atoms with E-state index in [-0.39, 0.29) is 5.56 Å². The van der Waals surface area contributed by atoms with Gasteiger partial charge in [0.15, 0.2) is 0 Å². The van der Waals surface area contributed by atoms with Crippen molar-refractivity contribution in [3.63, 3.8) is 0 Å². The fraction of sp³-hybridized carbons (Fsp3) is 0.357. The van der Waals surface area contributed by atoms with Crippen molar-refractivity contribution in [2.45, 2.75) is 33.1 Å². The highest BCUT2D eigenvalue weighted by Gasteiger charge is 2.11. The summed E-state index contributed by atoms with van der Waals surface area (Å²) < 4.78 is 1.58. The molecule has 0 fully saturated rings. The van der Waals surface area contributed by atoms with E-state index in [0.29, 0.717) is 5.02 Å². The predicted molar refractivity (Wildman–Crippen MR) is 74.7 cm³/mol. The number of nitrogens with zero attached hydrogens (tertiary/aromatic N) is 1. The second-order valence-electron chi connectivity index (χ2n) is 4.44. The molecule has 3 nitrogen and oxygen atoms in total. The van der Waals surface area contributed by atoms with Crippen LogP contribution < -0.4 is 5.56 Å². The normalized spacial score (nSPS) is 10.8. The average molecular weight is 265 g/mol. The van der Waals surface area contributed by atoms with Gasteiger partial charge in [-0.2, -0.15) is 0 Å². The highest BCUT2D eigenvalue weighted by Crippen LogP contribution is 2.13. The standard InChI is InChI=1S/C14H17ClN2O/c1-3-4-5-13-10(2)16-17(14(13)18)12-8-6-11(15)7-9-12/h6-9,16H,3-5H2,1-2H3. The van der Waals surface area contributed by atoms with Crippen LogP contribution in [-0.4, -0.2) is 9.78 Å². The molecule has 1 aromatic carbocycles. The number of aryl methyl sites for hydroxylation is 1. The summed E-state index contributed by atoms with van der Waals surface area (Å²) in [6, 6.07) is 7.24. The van der Waals surface area contributed by atoms with Crippen LogP contribution in [0.1, 0.15) is 31.0 Å². The van der Waals surface area contributed by atoms with Crippen LogP contribution in [-0.2, 0) is 6.42 Å². The lowest BCUT2D eigenvalue weighted by atomic mass is 10.1. The molecular formula is C14H17ClN2O. The Bertz CT molecular complexity index is 581. The molecule has 4 heteroatoms. The summed E-state index contributed by atoms with van der Waals surface area (Å²) in [5, 5.41) is 3.79. The lowest BCUT2D eigenvalue weighted by Crippen LogP contribution is -2.17. The summed E-state index contributed by atoms with van der Waals surface area (Å²) in [5.41, 5.74) is 2.69. The summed E-state index contributed by atoms with van der Waals surface area (Å²) in [4.78, 5) is 12.3. The van der Waals surface area contributed by atoms with Gasteiger partial charge < -0.3 is 0 Å². The maximum Gasteiger partial charge on any atom is 0.274 e. The molecule has 0 amide bonds. The molecule has 0 bridgehead atoms. The van der Waals surface area contributed by atoms with Gasteiger partial charge in [-0.1, -0.05) is 24.9 Å². The number of nitrogens with one attached hydrogen (secondary N) is 1. The third-order valence-corrected chi connectivity index (χ3v) is 3.31. The molecule has 18 heavy (non-hydrogen) atoms. The van der Waals surface area contributed by atoms with E-state index in [1.54, 1.807) is 16.8 Å². The van der Waals surface area contributed by atoms with Gasteiger partial charge in [0, 0.05) is 16.3 Å². The van der Waals surface area contributed by atoms with Crippen LogP contribution in [0.15, 0.2) is 29.1 Å². The van der Waals surface area contributed by atoms with E-state index < -0.39 is 0 Å². The highest BCUT2D eigenvalue weighted by molar-refractivity contribution is 6.30. The van der Waals surface area contributed by atoms with Crippen molar-refractivity contribution in [1.82, 2.24) is 9.78 Å². The van der Waals surface area contributed by atoms with Crippen LogP contribution >= 0.6 is 11.6 Å². The van der Waals surface area contributed by atoms with Gasteiger partial charge in [-0.3, -0.25) is 9.89 Å². The molecule has 2 rings (SSSR count). The minimum Gasteiger partial charge on any atom is -0.295 e. The number of hydrogen-bond acceptors (Lipinski definition) is 1. The van der Waals surface area contributed by atoms with Gasteiger partial charge in [0.25, 0.3) is 5.56 Å². The van der Waals surface area contributed by atoms with Crippen LogP contribution in [0, 0.1) is 6.92 Å². The van der Waals surface area contributed by atoms with E-state index in [0.717, 1.165) is 36.2 Å². The Labute approximate surface area is 111 Å². The Kier molecular flexibility index (Phi) is 3.92. The predicted octanol–water partition coefficient (Wildman–Crippen LogP) is 3.47. The molecule has 0 atom stereocenters. The third kappa shape index (κ3) is 2.51. The fourth-order valence-electron chi connectivity index (χ4n) is 2.00. The Morgan fingerprint density at radius 3 is 2.56 bits per heavy atom. The molecule has 0 spiro atoms. The number of aromatic amines is 1. The molecule has 0 aliphatic heterocycles. The van der Waals surface area contributed by atoms with Crippen LogP contribution in [0.5, 0.6) is 0 Å². The molecule has 0 aliphatic carbocycles. The minimum absolute atomic E-state index is 0.0447. The van der Waals surface area contributed by atoms with Crippen molar-refractivity contribution < 1.29 is 0 Å². The zero-order chi connectivity index (χ0) is 13.1. The lowest BCUT2D eigenvalue weighted by Gasteiger charge is -2.00.